The molecule has 2 aromatic rings. The Bertz CT molecular complexity index is 1120. The highest BCUT2D eigenvalue weighted by atomic mass is 16.2. The van der Waals surface area contributed by atoms with E-state index in [4.69, 9.17) is 0 Å². The zero-order chi connectivity index (χ0) is 27.1. The summed E-state index contributed by atoms with van der Waals surface area (Å²) >= 11 is 0. The van der Waals surface area contributed by atoms with Crippen molar-refractivity contribution in [1.29, 1.82) is 0 Å². The average Bonchev–Trinajstić information content (AvgIpc) is 2.94. The van der Waals surface area contributed by atoms with Gasteiger partial charge in [-0.25, -0.2) is 0 Å². The highest BCUT2D eigenvalue weighted by Crippen LogP contribution is 2.37. The van der Waals surface area contributed by atoms with Crippen LogP contribution in [0.1, 0.15) is 94.1 Å². The van der Waals surface area contributed by atoms with E-state index in [2.05, 4.69) is 29.5 Å². The van der Waals surface area contributed by atoms with Crippen LogP contribution in [0.25, 0.3) is 0 Å². The normalized spacial score (nSPS) is 17.6. The number of nitrogens with zero attached hydrogens (tertiary/aromatic N) is 3. The first kappa shape index (κ1) is 27.8. The van der Waals surface area contributed by atoms with E-state index in [-0.39, 0.29) is 42.9 Å². The molecule has 2 heterocycles. The molecule has 1 fully saturated rings. The SMILES string of the molecule is CCCCC(C)N1C(=O)CN(C(=O)CNC2CCCCC2)c2cc(C(=O)NC(C)c3cccnc3)ccc21. The van der Waals surface area contributed by atoms with Crippen molar-refractivity contribution in [2.45, 2.75) is 90.3 Å². The molecule has 2 N–H and O–H groups in total. The summed E-state index contributed by atoms with van der Waals surface area (Å²) < 4.78 is 0. The predicted molar refractivity (Wildman–Crippen MR) is 150 cm³/mol. The standard InChI is InChI=1S/C30H41N5O3/c1-4-5-10-21(2)35-26-15-14-23(30(38)33-22(3)24-11-9-16-31-18-24)17-27(26)34(20-29(35)37)28(36)19-32-25-12-7-6-8-13-25/h9,11,14-18,21-22,25,32H,4-8,10,12-13,19-20H2,1-3H3,(H,33,38). The minimum absolute atomic E-state index is 0.00379. The lowest BCUT2D eigenvalue weighted by atomic mass is 9.95. The van der Waals surface area contributed by atoms with Crippen LogP contribution in [0.15, 0.2) is 42.7 Å². The van der Waals surface area contributed by atoms with Crippen LogP contribution in [0.4, 0.5) is 11.4 Å². The van der Waals surface area contributed by atoms with E-state index in [1.54, 1.807) is 29.4 Å². The molecule has 2 atom stereocenters. The van der Waals surface area contributed by atoms with Gasteiger partial charge in [0, 0.05) is 30.0 Å². The summed E-state index contributed by atoms with van der Waals surface area (Å²) in [5.41, 5.74) is 2.66. The van der Waals surface area contributed by atoms with Gasteiger partial charge in [-0.1, -0.05) is 45.1 Å². The van der Waals surface area contributed by atoms with Gasteiger partial charge in [0.25, 0.3) is 5.91 Å². The number of amides is 3. The van der Waals surface area contributed by atoms with E-state index < -0.39 is 0 Å². The predicted octanol–water partition coefficient (Wildman–Crippen LogP) is 4.75. The molecule has 1 aromatic carbocycles. The van der Waals surface area contributed by atoms with E-state index in [0.717, 1.165) is 37.7 Å². The van der Waals surface area contributed by atoms with Gasteiger partial charge in [0.2, 0.25) is 11.8 Å². The van der Waals surface area contributed by atoms with Gasteiger partial charge in [-0.3, -0.25) is 24.3 Å². The smallest absolute Gasteiger partial charge is 0.251 e. The molecule has 1 aromatic heterocycles. The van der Waals surface area contributed by atoms with Crippen molar-refractivity contribution in [3.8, 4) is 0 Å². The second-order valence-electron chi connectivity index (χ2n) is 10.6. The number of hydrogen-bond donors (Lipinski definition) is 2. The van der Waals surface area contributed by atoms with Crippen molar-refractivity contribution in [2.75, 3.05) is 22.9 Å². The zero-order valence-corrected chi connectivity index (χ0v) is 22.9. The van der Waals surface area contributed by atoms with E-state index in [1.165, 1.54) is 19.3 Å². The fraction of sp³-hybridized carbons (Fsp3) is 0.533. The van der Waals surface area contributed by atoms with Crippen LogP contribution < -0.4 is 20.4 Å². The second kappa shape index (κ2) is 13.0. The summed E-state index contributed by atoms with van der Waals surface area (Å²) in [6.45, 7) is 6.25. The Balaban J connectivity index is 1.58. The number of unbranched alkanes of at least 4 members (excludes halogenated alkanes) is 1. The van der Waals surface area contributed by atoms with E-state index in [9.17, 15) is 14.4 Å². The van der Waals surface area contributed by atoms with E-state index in [1.807, 2.05) is 30.0 Å². The van der Waals surface area contributed by atoms with E-state index >= 15 is 0 Å². The summed E-state index contributed by atoms with van der Waals surface area (Å²) in [6, 6.07) is 9.19. The van der Waals surface area contributed by atoms with Gasteiger partial charge in [-0.15, -0.1) is 0 Å². The number of aromatic nitrogens is 1. The van der Waals surface area contributed by atoms with Crippen LogP contribution in [0.3, 0.4) is 0 Å². The van der Waals surface area contributed by atoms with Crippen LogP contribution in [0.5, 0.6) is 0 Å². The number of fused-ring (bicyclic) bond motifs is 1. The maximum Gasteiger partial charge on any atom is 0.251 e. The first-order chi connectivity index (χ1) is 18.4. The first-order valence-corrected chi connectivity index (χ1v) is 14.1. The molecule has 4 rings (SSSR count). The minimum Gasteiger partial charge on any atom is -0.345 e. The Morgan fingerprint density at radius 2 is 1.89 bits per heavy atom. The topological polar surface area (TPSA) is 94.6 Å². The Hall–Kier alpha value is -3.26. The third-order valence-electron chi connectivity index (χ3n) is 7.75. The lowest BCUT2D eigenvalue weighted by Crippen LogP contribution is -2.53. The zero-order valence-electron chi connectivity index (χ0n) is 22.9. The molecular weight excluding hydrogens is 478 g/mol. The summed E-state index contributed by atoms with van der Waals surface area (Å²) in [5.74, 6) is -0.471. The Morgan fingerprint density at radius 1 is 1.11 bits per heavy atom. The molecule has 2 aliphatic rings. The molecule has 204 valence electrons. The van der Waals surface area contributed by atoms with Crippen LogP contribution in [0.2, 0.25) is 0 Å². The Kier molecular flexibility index (Phi) is 9.50. The molecule has 3 amide bonds. The molecule has 1 saturated carbocycles. The van der Waals surface area contributed by atoms with Crippen LogP contribution in [0, 0.1) is 0 Å². The molecule has 8 heteroatoms. The number of carbonyl (C=O) groups excluding carboxylic acids is 3. The molecule has 2 unspecified atom stereocenters. The number of rotatable bonds is 10. The summed E-state index contributed by atoms with van der Waals surface area (Å²) in [6.07, 6.45) is 12.1. The van der Waals surface area contributed by atoms with Gasteiger partial charge in [-0.2, -0.15) is 0 Å². The summed E-state index contributed by atoms with van der Waals surface area (Å²) in [7, 11) is 0. The van der Waals surface area contributed by atoms with Crippen molar-refractivity contribution < 1.29 is 14.4 Å². The number of pyridine rings is 1. The molecule has 0 spiro atoms. The molecular formula is C30H41N5O3. The van der Waals surface area contributed by atoms with Gasteiger partial charge in [0.05, 0.1) is 24.0 Å². The van der Waals surface area contributed by atoms with Crippen molar-refractivity contribution in [3.05, 3.63) is 53.9 Å². The fourth-order valence-corrected chi connectivity index (χ4v) is 5.48. The number of nitrogens with one attached hydrogen (secondary N) is 2. The Morgan fingerprint density at radius 3 is 2.61 bits per heavy atom. The highest BCUT2D eigenvalue weighted by molar-refractivity contribution is 6.13. The van der Waals surface area contributed by atoms with Gasteiger partial charge in [0.1, 0.15) is 6.54 Å². The van der Waals surface area contributed by atoms with Crippen molar-refractivity contribution in [3.63, 3.8) is 0 Å². The quantitative estimate of drug-likeness (QED) is 0.472. The number of anilines is 2. The second-order valence-corrected chi connectivity index (χ2v) is 10.6. The number of carbonyl (C=O) groups is 3. The number of benzene rings is 1. The monoisotopic (exact) mass is 519 g/mol. The molecule has 8 nitrogen and oxygen atoms in total. The summed E-state index contributed by atoms with van der Waals surface area (Å²) in [4.78, 5) is 47.5. The summed E-state index contributed by atoms with van der Waals surface area (Å²) in [5, 5.41) is 6.43. The van der Waals surface area contributed by atoms with Gasteiger partial charge in [-0.05, 0) is 62.9 Å². The minimum atomic E-state index is -0.237. The van der Waals surface area contributed by atoms with Crippen LogP contribution in [-0.2, 0) is 9.59 Å². The lowest BCUT2D eigenvalue weighted by Gasteiger charge is -2.39. The van der Waals surface area contributed by atoms with Gasteiger partial charge < -0.3 is 15.5 Å². The van der Waals surface area contributed by atoms with Gasteiger partial charge in [0.15, 0.2) is 0 Å². The van der Waals surface area contributed by atoms with Crippen LogP contribution >= 0.6 is 0 Å². The third kappa shape index (κ3) is 6.59. The molecule has 1 aliphatic heterocycles. The maximum atomic E-state index is 13.4. The average molecular weight is 520 g/mol. The van der Waals surface area contributed by atoms with Gasteiger partial charge >= 0.3 is 0 Å². The molecule has 0 saturated heterocycles. The Labute approximate surface area is 226 Å². The van der Waals surface area contributed by atoms with Crippen LogP contribution in [-0.4, -0.2) is 47.9 Å². The molecule has 0 radical (unpaired) electrons. The molecule has 38 heavy (non-hydrogen) atoms. The largest absolute Gasteiger partial charge is 0.345 e. The lowest BCUT2D eigenvalue weighted by molar-refractivity contribution is -0.122. The van der Waals surface area contributed by atoms with Crippen molar-refractivity contribution >= 4 is 29.1 Å². The van der Waals surface area contributed by atoms with Crippen molar-refractivity contribution in [2.24, 2.45) is 0 Å². The highest BCUT2D eigenvalue weighted by Gasteiger charge is 2.35. The third-order valence-corrected chi connectivity index (χ3v) is 7.75. The molecule has 1 aliphatic carbocycles. The van der Waals surface area contributed by atoms with Crippen molar-refractivity contribution in [1.82, 2.24) is 15.6 Å². The van der Waals surface area contributed by atoms with E-state index in [0.29, 0.717) is 23.0 Å². The fourth-order valence-electron chi connectivity index (χ4n) is 5.48. The molecule has 0 bridgehead atoms. The number of hydrogen-bond acceptors (Lipinski definition) is 5. The maximum absolute atomic E-state index is 13.4. The first-order valence-electron chi connectivity index (χ1n) is 14.1.